The minimum Gasteiger partial charge on any atom is -0.300 e. The fraction of sp³-hybridized carbons (Fsp3) is 0.340. The van der Waals surface area contributed by atoms with E-state index in [4.69, 9.17) is 0 Å². The average Bonchev–Trinajstić information content (AvgIpc) is 3.04. The Morgan fingerprint density at radius 3 is 0.510 bits per heavy atom. The van der Waals surface area contributed by atoms with Gasteiger partial charge < -0.3 is 4.79 Å². The van der Waals surface area contributed by atoms with Crippen molar-refractivity contribution in [2.75, 3.05) is 12.5 Å². The number of carbonyl (C=O) groups is 1. The second-order valence-electron chi connectivity index (χ2n) is 12.7. The number of carbonyl (C=O) groups excluding carboxylic acids is 1. The fourth-order valence-electron chi connectivity index (χ4n) is 3.76. The minimum atomic E-state index is 0.167. The van der Waals surface area contributed by atoms with E-state index in [-0.39, 0.29) is 5.78 Å². The summed E-state index contributed by atoms with van der Waals surface area (Å²) in [7, 11) is 0. The summed E-state index contributed by atoms with van der Waals surface area (Å²) in [6.07, 6.45) is 4.08. The van der Waals surface area contributed by atoms with Crippen LogP contribution in [0.3, 0.4) is 0 Å². The maximum atomic E-state index is 9.44. The third-order valence-electron chi connectivity index (χ3n) is 7.81. The summed E-state index contributed by atoms with van der Waals surface area (Å²) >= 11 is 1.75. The van der Waals surface area contributed by atoms with E-state index in [0.29, 0.717) is 0 Å². The van der Waals surface area contributed by atoms with E-state index in [1.165, 1.54) is 80.6 Å². The zero-order valence-corrected chi connectivity index (χ0v) is 34.5. The fourth-order valence-corrected chi connectivity index (χ4v) is 3.76. The van der Waals surface area contributed by atoms with E-state index in [1.54, 1.807) is 11.8 Å². The monoisotopic (exact) mass is 678 g/mol. The van der Waals surface area contributed by atoms with Crippen molar-refractivity contribution in [2.45, 2.75) is 96.9 Å². The molecule has 0 saturated carbocycles. The van der Waals surface area contributed by atoms with Crippen molar-refractivity contribution in [3.05, 3.63) is 176 Å². The summed E-state index contributed by atoms with van der Waals surface area (Å²) in [5.41, 5.74) is 16.5. The lowest BCUT2D eigenvalue weighted by Gasteiger charge is -2.04. The molecule has 5 rings (SSSR count). The molecular weight excluding hydrogens is 613 g/mol. The first-order valence-electron chi connectivity index (χ1n) is 17.0. The predicted octanol–water partition coefficient (Wildman–Crippen LogP) is 13.7. The van der Waals surface area contributed by atoms with Crippen molar-refractivity contribution in [2.24, 2.45) is 0 Å². The number of Topliss-reactive ketones (excluding diaryl/α,β-unsaturated/α-hetero) is 1. The van der Waals surface area contributed by atoms with Gasteiger partial charge in [-0.05, 0) is 176 Å². The Hall–Kier alpha value is -3.88. The van der Waals surface area contributed by atoms with Gasteiger partial charge in [0.15, 0.2) is 0 Å². The largest absolute Gasteiger partial charge is 0.300 e. The van der Waals surface area contributed by atoms with Crippen molar-refractivity contribution in [1.82, 2.24) is 0 Å². The predicted molar refractivity (Wildman–Crippen MR) is 225 cm³/mol. The molecule has 0 amide bonds. The average molecular weight is 679 g/mol. The quantitative estimate of drug-likeness (QED) is 0.162. The second kappa shape index (κ2) is 28.0. The Kier molecular flexibility index (Phi) is 27.0. The molecule has 0 aliphatic carbocycles. The zero-order chi connectivity index (χ0) is 37.9. The van der Waals surface area contributed by atoms with Gasteiger partial charge in [0.05, 0.1) is 0 Å². The van der Waals surface area contributed by atoms with Crippen LogP contribution in [0.15, 0.2) is 109 Å². The van der Waals surface area contributed by atoms with Gasteiger partial charge in [0, 0.05) is 0 Å². The van der Waals surface area contributed by atoms with Gasteiger partial charge in [0.1, 0.15) is 5.78 Å². The van der Waals surface area contributed by atoms with E-state index < -0.39 is 0 Å². The van der Waals surface area contributed by atoms with Gasteiger partial charge in [-0.1, -0.05) is 109 Å². The number of thioether (sulfide) groups is 1. The van der Waals surface area contributed by atoms with Crippen LogP contribution in [0.2, 0.25) is 0 Å². The van der Waals surface area contributed by atoms with Crippen LogP contribution < -0.4 is 0 Å². The van der Waals surface area contributed by atoms with Crippen LogP contribution in [0.1, 0.15) is 80.6 Å². The lowest BCUT2D eigenvalue weighted by Crippen LogP contribution is -1.86. The first-order valence-corrected chi connectivity index (χ1v) is 18.6. The van der Waals surface area contributed by atoms with E-state index in [1.807, 2.05) is 12.5 Å². The summed E-state index contributed by atoms with van der Waals surface area (Å²) in [5, 5.41) is 0. The Bertz CT molecular complexity index is 1300. The normalized spacial score (nSPS) is 8.98. The lowest BCUT2D eigenvalue weighted by atomic mass is 10.0. The molecule has 0 radical (unpaired) electrons. The lowest BCUT2D eigenvalue weighted by molar-refractivity contribution is -0.115. The third-order valence-corrected chi connectivity index (χ3v) is 7.81. The van der Waals surface area contributed by atoms with Gasteiger partial charge >= 0.3 is 0 Å². The molecule has 49 heavy (non-hydrogen) atoms. The first kappa shape index (κ1) is 47.2. The number of hydrogen-bond acceptors (Lipinski definition) is 2. The van der Waals surface area contributed by atoms with Gasteiger partial charge in [-0.2, -0.15) is 11.8 Å². The summed E-state index contributed by atoms with van der Waals surface area (Å²) < 4.78 is 0. The Labute approximate surface area is 306 Å². The number of aryl methyl sites for hydroxylation is 12. The summed E-state index contributed by atoms with van der Waals surface area (Å²) in [5.74, 6) is 0.167. The standard InChI is InChI=1S/C10H14.4C8H10.C3H6O.C2H6S/c1-7-5-9(3)10(4)6-8(7)2;4*1-7-5-3-4-6-8(7)2;1-3(2)4;1-3-2/h5-6H,1-4H3;4*3-6H,1-2H3;1-2H3;1-2H3. The van der Waals surface area contributed by atoms with Crippen molar-refractivity contribution in [1.29, 1.82) is 0 Å². The van der Waals surface area contributed by atoms with Gasteiger partial charge in [-0.3, -0.25) is 0 Å². The topological polar surface area (TPSA) is 17.1 Å². The molecule has 5 aromatic carbocycles. The smallest absolute Gasteiger partial charge is 0.126 e. The maximum Gasteiger partial charge on any atom is 0.126 e. The Balaban J connectivity index is 0. The van der Waals surface area contributed by atoms with Crippen molar-refractivity contribution < 1.29 is 4.79 Å². The molecule has 0 aliphatic heterocycles. The van der Waals surface area contributed by atoms with Crippen LogP contribution in [0.25, 0.3) is 0 Å². The SMILES string of the molecule is CC(C)=O.CSC.Cc1cc(C)c(C)cc1C.Cc1ccccc1C.Cc1ccccc1C.Cc1ccccc1C.Cc1ccccc1C. The van der Waals surface area contributed by atoms with Crippen molar-refractivity contribution in [3.8, 4) is 0 Å². The second-order valence-corrected chi connectivity index (χ2v) is 13.5. The van der Waals surface area contributed by atoms with Gasteiger partial charge in [0.25, 0.3) is 0 Å². The van der Waals surface area contributed by atoms with E-state index >= 15 is 0 Å². The molecule has 2 heteroatoms. The molecule has 0 spiro atoms. The highest BCUT2D eigenvalue weighted by Gasteiger charge is 1.95. The van der Waals surface area contributed by atoms with Gasteiger partial charge in [-0.25, -0.2) is 0 Å². The summed E-state index contributed by atoms with van der Waals surface area (Å²) in [6, 6.07) is 37.9. The molecule has 0 bridgehead atoms. The molecule has 1 nitrogen and oxygen atoms in total. The van der Waals surface area contributed by atoms with Gasteiger partial charge in [-0.15, -0.1) is 0 Å². The van der Waals surface area contributed by atoms with E-state index in [9.17, 15) is 4.79 Å². The van der Waals surface area contributed by atoms with Crippen LogP contribution in [0, 0.1) is 83.1 Å². The van der Waals surface area contributed by atoms with Crippen LogP contribution in [0.5, 0.6) is 0 Å². The Morgan fingerprint density at radius 2 is 0.429 bits per heavy atom. The summed E-state index contributed by atoms with van der Waals surface area (Å²) in [6.45, 7) is 28.6. The number of rotatable bonds is 0. The highest BCUT2D eigenvalue weighted by atomic mass is 32.2. The van der Waals surface area contributed by atoms with Crippen molar-refractivity contribution >= 4 is 17.5 Å². The molecule has 0 aliphatic rings. The van der Waals surface area contributed by atoms with Crippen molar-refractivity contribution in [3.63, 3.8) is 0 Å². The summed E-state index contributed by atoms with van der Waals surface area (Å²) in [4.78, 5) is 9.44. The van der Waals surface area contributed by atoms with Crippen LogP contribution >= 0.6 is 11.8 Å². The molecule has 0 aromatic heterocycles. The van der Waals surface area contributed by atoms with Crippen LogP contribution in [0.4, 0.5) is 0 Å². The molecule has 266 valence electrons. The van der Waals surface area contributed by atoms with Crippen LogP contribution in [-0.4, -0.2) is 18.3 Å². The third kappa shape index (κ3) is 24.9. The molecule has 0 heterocycles. The highest BCUT2D eigenvalue weighted by molar-refractivity contribution is 7.97. The molecule has 0 fully saturated rings. The minimum absolute atomic E-state index is 0.167. The molecule has 0 saturated heterocycles. The zero-order valence-electron chi connectivity index (χ0n) is 33.7. The van der Waals surface area contributed by atoms with E-state index in [2.05, 4.69) is 192 Å². The van der Waals surface area contributed by atoms with E-state index in [0.717, 1.165) is 0 Å². The molecule has 0 N–H and O–H groups in total. The molecule has 0 unspecified atom stereocenters. The maximum absolute atomic E-state index is 9.44. The molecule has 5 aromatic rings. The van der Waals surface area contributed by atoms with Crippen LogP contribution in [-0.2, 0) is 4.79 Å². The molecule has 0 atom stereocenters. The number of benzene rings is 5. The first-order chi connectivity index (χ1) is 23.0. The molecular formula is C47H66OS. The number of ketones is 1. The highest BCUT2D eigenvalue weighted by Crippen LogP contribution is 2.13. The Morgan fingerprint density at radius 1 is 0.327 bits per heavy atom. The number of hydrogen-bond donors (Lipinski definition) is 0. The van der Waals surface area contributed by atoms with Gasteiger partial charge in [0.2, 0.25) is 0 Å².